The van der Waals surface area contributed by atoms with E-state index in [0.717, 1.165) is 26.2 Å². The van der Waals surface area contributed by atoms with Gasteiger partial charge in [0.15, 0.2) is 11.6 Å². The van der Waals surface area contributed by atoms with Crippen molar-refractivity contribution in [3.63, 3.8) is 0 Å². The van der Waals surface area contributed by atoms with Gasteiger partial charge in [0.1, 0.15) is 45.9 Å². The van der Waals surface area contributed by atoms with Crippen LogP contribution in [0.4, 0.5) is 24.2 Å². The van der Waals surface area contributed by atoms with Gasteiger partial charge in [-0.05, 0) is 65.8 Å². The van der Waals surface area contributed by atoms with E-state index in [1.54, 1.807) is 15.9 Å². The first kappa shape index (κ1) is 39.9. The minimum atomic E-state index is -0.522. The molecule has 51 heavy (non-hydrogen) atoms. The molecule has 12 nitrogen and oxygen atoms in total. The van der Waals surface area contributed by atoms with E-state index in [4.69, 9.17) is 44.3 Å². The van der Waals surface area contributed by atoms with Crippen LogP contribution < -0.4 is 10.2 Å². The highest BCUT2D eigenvalue weighted by atomic mass is 35.5. The molecule has 0 bridgehead atoms. The number of hydrogen-bond donors (Lipinski definition) is 1. The van der Waals surface area contributed by atoms with Gasteiger partial charge in [-0.2, -0.15) is 0 Å². The molecule has 2 fully saturated rings. The SMILES string of the molecule is CC(C)(C)OC(=O)N1CCN(c2ncnc3c(F)cc(Cl)cc23)CC1.CC(C)(C)OC(=O)N1CCNCC1.Fc1cc(Cl)cc2c(Cl)ncnc12. The number of rotatable bonds is 1. The summed E-state index contributed by atoms with van der Waals surface area (Å²) in [6.07, 6.45) is 2.03. The Hall–Kier alpha value is -3.85. The summed E-state index contributed by atoms with van der Waals surface area (Å²) >= 11 is 17.3. The lowest BCUT2D eigenvalue weighted by atomic mass is 10.2. The molecule has 4 aromatic rings. The molecule has 0 saturated carbocycles. The molecule has 2 aliphatic rings. The number of anilines is 1. The fourth-order valence-electron chi connectivity index (χ4n) is 4.99. The molecule has 0 radical (unpaired) electrons. The maximum atomic E-state index is 14.1. The molecule has 4 heterocycles. The van der Waals surface area contributed by atoms with Gasteiger partial charge < -0.3 is 29.5 Å². The topological polar surface area (TPSA) is 126 Å². The minimum absolute atomic E-state index is 0.185. The van der Waals surface area contributed by atoms with Crippen LogP contribution in [0.25, 0.3) is 21.8 Å². The number of piperazine rings is 2. The quantitative estimate of drug-likeness (QED) is 0.196. The standard InChI is InChI=1S/C17H20ClFN4O2.C9H18N2O2.C8H3Cl2FN2/c1-17(2,3)25-16(24)23-6-4-22(5-7-23)15-12-8-11(18)9-13(19)14(12)20-10-21-15;1-9(2,3)13-8(12)11-6-4-10-5-7-11;9-4-1-5-7(6(11)2-4)12-3-13-8(5)10/h8-10H,4-7H2,1-3H3;10H,4-7H2,1-3H3;1-3H. The Morgan fingerprint density at radius 1 is 0.667 bits per heavy atom. The van der Waals surface area contributed by atoms with Crippen LogP contribution in [0.3, 0.4) is 0 Å². The van der Waals surface area contributed by atoms with Crippen molar-refractivity contribution in [2.24, 2.45) is 0 Å². The van der Waals surface area contributed by atoms with E-state index in [2.05, 4.69) is 25.3 Å². The highest BCUT2D eigenvalue weighted by molar-refractivity contribution is 6.35. The number of nitrogens with one attached hydrogen (secondary N) is 1. The van der Waals surface area contributed by atoms with E-state index in [1.807, 2.05) is 46.4 Å². The first-order chi connectivity index (χ1) is 23.9. The number of hydrogen-bond acceptors (Lipinski definition) is 10. The van der Waals surface area contributed by atoms with Crippen LogP contribution >= 0.6 is 34.8 Å². The highest BCUT2D eigenvalue weighted by Crippen LogP contribution is 2.29. The zero-order chi connectivity index (χ0) is 37.5. The Bertz CT molecular complexity index is 1840. The maximum absolute atomic E-state index is 14.1. The molecule has 276 valence electrons. The predicted molar refractivity (Wildman–Crippen MR) is 195 cm³/mol. The van der Waals surface area contributed by atoms with E-state index in [-0.39, 0.29) is 39.0 Å². The number of nitrogens with zero attached hydrogens (tertiary/aromatic N) is 7. The molecule has 0 spiro atoms. The largest absolute Gasteiger partial charge is 0.444 e. The summed E-state index contributed by atoms with van der Waals surface area (Å²) in [6, 6.07) is 5.62. The summed E-state index contributed by atoms with van der Waals surface area (Å²) in [6.45, 7) is 16.5. The van der Waals surface area contributed by atoms with Crippen molar-refractivity contribution in [3.8, 4) is 0 Å². The highest BCUT2D eigenvalue weighted by Gasteiger charge is 2.27. The van der Waals surface area contributed by atoms with Crippen LogP contribution in [0.2, 0.25) is 15.2 Å². The Morgan fingerprint density at radius 2 is 1.12 bits per heavy atom. The number of carbonyl (C=O) groups is 2. The second-order valence-electron chi connectivity index (χ2n) is 13.6. The second kappa shape index (κ2) is 17.1. The van der Waals surface area contributed by atoms with E-state index < -0.39 is 17.2 Å². The van der Waals surface area contributed by atoms with Crippen molar-refractivity contribution in [3.05, 3.63) is 63.8 Å². The van der Waals surface area contributed by atoms with Crippen molar-refractivity contribution >= 4 is 74.6 Å². The Balaban J connectivity index is 0.000000189. The summed E-state index contributed by atoms with van der Waals surface area (Å²) in [5, 5.41) is 4.96. The van der Waals surface area contributed by atoms with E-state index in [1.165, 1.54) is 30.9 Å². The van der Waals surface area contributed by atoms with Gasteiger partial charge in [-0.1, -0.05) is 34.8 Å². The number of carbonyl (C=O) groups excluding carboxylic acids is 2. The second-order valence-corrected chi connectivity index (χ2v) is 14.8. The summed E-state index contributed by atoms with van der Waals surface area (Å²) in [5.74, 6) is -0.347. The van der Waals surface area contributed by atoms with Crippen molar-refractivity contribution in [1.29, 1.82) is 0 Å². The molecule has 2 saturated heterocycles. The van der Waals surface area contributed by atoms with Crippen LogP contribution in [0.1, 0.15) is 41.5 Å². The van der Waals surface area contributed by atoms with Gasteiger partial charge >= 0.3 is 12.2 Å². The molecule has 2 aromatic carbocycles. The third-order valence-electron chi connectivity index (χ3n) is 7.24. The molecule has 2 amide bonds. The van der Waals surface area contributed by atoms with Crippen LogP contribution in [-0.4, -0.2) is 105 Å². The van der Waals surface area contributed by atoms with Crippen molar-refractivity contribution < 1.29 is 27.8 Å². The van der Waals surface area contributed by atoms with Crippen LogP contribution in [0, 0.1) is 11.6 Å². The van der Waals surface area contributed by atoms with Crippen molar-refractivity contribution in [2.75, 3.05) is 57.3 Å². The monoisotopic (exact) mass is 768 g/mol. The lowest BCUT2D eigenvalue weighted by Crippen LogP contribution is -2.50. The van der Waals surface area contributed by atoms with Crippen molar-refractivity contribution in [2.45, 2.75) is 52.7 Å². The zero-order valence-electron chi connectivity index (χ0n) is 29.3. The molecule has 17 heteroatoms. The number of amides is 2. The molecular formula is C34H41Cl3F2N8O4. The summed E-state index contributed by atoms with van der Waals surface area (Å²) in [4.78, 5) is 44.8. The molecule has 1 N–H and O–H groups in total. The van der Waals surface area contributed by atoms with Crippen LogP contribution in [0.5, 0.6) is 0 Å². The Kier molecular flexibility index (Phi) is 13.4. The molecule has 0 aliphatic carbocycles. The third kappa shape index (κ3) is 11.6. The fourth-order valence-corrected chi connectivity index (χ4v) is 5.59. The number of fused-ring (bicyclic) bond motifs is 2. The lowest BCUT2D eigenvalue weighted by molar-refractivity contribution is 0.0223. The average Bonchev–Trinajstić information content (AvgIpc) is 3.05. The predicted octanol–water partition coefficient (Wildman–Crippen LogP) is 7.38. The van der Waals surface area contributed by atoms with Gasteiger partial charge in [0.25, 0.3) is 0 Å². The van der Waals surface area contributed by atoms with Gasteiger partial charge in [-0.25, -0.2) is 38.3 Å². The average molecular weight is 770 g/mol. The van der Waals surface area contributed by atoms with Crippen LogP contribution in [-0.2, 0) is 9.47 Å². The zero-order valence-corrected chi connectivity index (χ0v) is 31.5. The van der Waals surface area contributed by atoms with Gasteiger partial charge in [-0.15, -0.1) is 0 Å². The lowest BCUT2D eigenvalue weighted by Gasteiger charge is -2.36. The first-order valence-corrected chi connectivity index (χ1v) is 17.3. The fraction of sp³-hybridized carbons (Fsp3) is 0.471. The number of ether oxygens (including phenoxy) is 2. The molecule has 0 unspecified atom stereocenters. The summed E-state index contributed by atoms with van der Waals surface area (Å²) < 4.78 is 37.9. The summed E-state index contributed by atoms with van der Waals surface area (Å²) in [5.41, 5.74) is -0.485. The molecule has 2 aliphatic heterocycles. The van der Waals surface area contributed by atoms with Gasteiger partial charge in [0, 0.05) is 73.2 Å². The van der Waals surface area contributed by atoms with E-state index >= 15 is 0 Å². The molecule has 2 aromatic heterocycles. The molecule has 6 rings (SSSR count). The van der Waals surface area contributed by atoms with Gasteiger partial charge in [-0.3, -0.25) is 0 Å². The first-order valence-electron chi connectivity index (χ1n) is 16.2. The molecule has 0 atom stereocenters. The van der Waals surface area contributed by atoms with E-state index in [9.17, 15) is 18.4 Å². The minimum Gasteiger partial charge on any atom is -0.444 e. The van der Waals surface area contributed by atoms with Crippen molar-refractivity contribution in [1.82, 2.24) is 35.1 Å². The van der Waals surface area contributed by atoms with Gasteiger partial charge in [0.05, 0.1) is 0 Å². The number of aromatic nitrogens is 4. The Labute approximate surface area is 310 Å². The normalized spacial score (nSPS) is 15.1. The summed E-state index contributed by atoms with van der Waals surface area (Å²) in [7, 11) is 0. The van der Waals surface area contributed by atoms with Crippen LogP contribution in [0.15, 0.2) is 36.9 Å². The Morgan fingerprint density at radius 3 is 1.63 bits per heavy atom. The smallest absolute Gasteiger partial charge is 0.410 e. The van der Waals surface area contributed by atoms with E-state index in [0.29, 0.717) is 47.8 Å². The number of halogens is 5. The van der Waals surface area contributed by atoms with Gasteiger partial charge in [0.2, 0.25) is 0 Å². The third-order valence-corrected chi connectivity index (χ3v) is 7.98. The maximum Gasteiger partial charge on any atom is 0.410 e. The number of benzene rings is 2. The molecular weight excluding hydrogens is 729 g/mol.